The van der Waals surface area contributed by atoms with Crippen molar-refractivity contribution in [1.82, 2.24) is 40.3 Å². The number of pyridine rings is 1. The Morgan fingerprint density at radius 2 is 1.67 bits per heavy atom. The third kappa shape index (κ3) is 10.7. The van der Waals surface area contributed by atoms with Crippen LogP contribution in [0.3, 0.4) is 0 Å². The molecule has 4 fully saturated rings. The number of aromatic nitrogens is 3. The lowest BCUT2D eigenvalue weighted by atomic mass is 9.88. The first-order valence-corrected chi connectivity index (χ1v) is 21.3. The topological polar surface area (TPSA) is 202 Å². The molecule has 17 heteroatoms. The molecule has 2 unspecified atom stereocenters. The van der Waals surface area contributed by atoms with Crippen molar-refractivity contribution >= 4 is 53.0 Å². The molecule has 7 rings (SSSR count). The van der Waals surface area contributed by atoms with E-state index in [-0.39, 0.29) is 30.1 Å². The number of primary amides is 1. The number of piperidine rings is 4. The summed E-state index contributed by atoms with van der Waals surface area (Å²) in [4.78, 5) is 84.2. The van der Waals surface area contributed by atoms with Crippen LogP contribution in [0.15, 0.2) is 48.8 Å². The standard InChI is InChI=1S/C43H58N12O5/c1-51(28-56)22-23-52(2)34-4-3-17-55(27-34)37-25-46-39(40(44)58)41(49-37)47-32-7-5-30(6-8-32)31-15-18-53(19-16-31)26-29-13-20-54(21-14-29)33-9-10-35(45-24-33)42(59)48-36-11-12-38(57)50-43(36)60/h5-10,24-25,28-29,31,34,36H,3-4,11-23,26-27H2,1-2H3,(H2,44,58)(H,47,49)(H,48,59)(H,50,57,60). The second kappa shape index (κ2) is 19.6. The molecule has 4 saturated heterocycles. The molecule has 0 radical (unpaired) electrons. The Hall–Kier alpha value is -5.68. The maximum atomic E-state index is 12.7. The van der Waals surface area contributed by atoms with Crippen LogP contribution in [0.5, 0.6) is 0 Å². The molecule has 0 spiro atoms. The number of benzene rings is 1. The molecule has 5 N–H and O–H groups in total. The Morgan fingerprint density at radius 1 is 0.900 bits per heavy atom. The lowest BCUT2D eigenvalue weighted by molar-refractivity contribution is -0.134. The molecular formula is C43H58N12O5. The Labute approximate surface area is 351 Å². The summed E-state index contributed by atoms with van der Waals surface area (Å²) >= 11 is 0. The van der Waals surface area contributed by atoms with Crippen molar-refractivity contribution in [3.8, 4) is 0 Å². The van der Waals surface area contributed by atoms with E-state index < -0.39 is 23.8 Å². The fourth-order valence-electron chi connectivity index (χ4n) is 8.81. The quantitative estimate of drug-likeness (QED) is 0.129. The maximum absolute atomic E-state index is 12.7. The zero-order valence-electron chi connectivity index (χ0n) is 34.7. The van der Waals surface area contributed by atoms with E-state index in [1.165, 1.54) is 5.56 Å². The van der Waals surface area contributed by atoms with Gasteiger partial charge in [0.2, 0.25) is 18.2 Å². The van der Waals surface area contributed by atoms with Gasteiger partial charge >= 0.3 is 0 Å². The van der Waals surface area contributed by atoms with Crippen LogP contribution in [0.2, 0.25) is 0 Å². The molecule has 5 amide bonds. The van der Waals surface area contributed by atoms with Crippen LogP contribution in [0.4, 0.5) is 23.0 Å². The van der Waals surface area contributed by atoms with Gasteiger partial charge < -0.3 is 36.0 Å². The predicted octanol–water partition coefficient (Wildman–Crippen LogP) is 2.33. The van der Waals surface area contributed by atoms with E-state index in [9.17, 15) is 24.0 Å². The van der Waals surface area contributed by atoms with Gasteiger partial charge in [-0.1, -0.05) is 12.1 Å². The second-order valence-electron chi connectivity index (χ2n) is 16.7. The Morgan fingerprint density at radius 3 is 2.35 bits per heavy atom. The van der Waals surface area contributed by atoms with E-state index in [0.29, 0.717) is 36.1 Å². The van der Waals surface area contributed by atoms with Crippen molar-refractivity contribution < 1.29 is 24.0 Å². The number of imide groups is 1. The van der Waals surface area contributed by atoms with E-state index in [2.05, 4.69) is 64.7 Å². The normalized spacial score (nSPS) is 20.8. The number of carbonyl (C=O) groups excluding carboxylic acids is 5. The summed E-state index contributed by atoms with van der Waals surface area (Å²) in [5.41, 5.74) is 9.17. The Kier molecular flexibility index (Phi) is 13.9. The van der Waals surface area contributed by atoms with Gasteiger partial charge in [0.15, 0.2) is 11.5 Å². The van der Waals surface area contributed by atoms with E-state index in [1.54, 1.807) is 30.4 Å². The van der Waals surface area contributed by atoms with E-state index >= 15 is 0 Å². The van der Waals surface area contributed by atoms with Crippen molar-refractivity contribution in [2.24, 2.45) is 11.7 Å². The first-order valence-electron chi connectivity index (χ1n) is 21.3. The number of carbonyl (C=O) groups is 5. The van der Waals surface area contributed by atoms with Crippen molar-refractivity contribution in [2.75, 3.05) is 88.1 Å². The number of hydrogen-bond acceptors (Lipinski definition) is 13. The molecule has 6 heterocycles. The molecule has 17 nitrogen and oxygen atoms in total. The largest absolute Gasteiger partial charge is 0.370 e. The predicted molar refractivity (Wildman–Crippen MR) is 228 cm³/mol. The highest BCUT2D eigenvalue weighted by Gasteiger charge is 2.30. The fourth-order valence-corrected chi connectivity index (χ4v) is 8.81. The van der Waals surface area contributed by atoms with Gasteiger partial charge in [0.25, 0.3) is 11.8 Å². The van der Waals surface area contributed by atoms with Gasteiger partial charge in [0, 0.05) is 71.0 Å². The highest BCUT2D eigenvalue weighted by Crippen LogP contribution is 2.32. The van der Waals surface area contributed by atoms with Gasteiger partial charge in [-0.25, -0.2) is 15.0 Å². The van der Waals surface area contributed by atoms with Crippen LogP contribution in [0, 0.1) is 5.92 Å². The van der Waals surface area contributed by atoms with E-state index in [4.69, 9.17) is 10.7 Å². The van der Waals surface area contributed by atoms with Crippen LogP contribution in [0.1, 0.15) is 83.8 Å². The number of nitrogens with one attached hydrogen (secondary N) is 3. The number of nitrogens with zero attached hydrogens (tertiary/aromatic N) is 8. The first-order chi connectivity index (χ1) is 29.0. The fraction of sp³-hybridized carbons (Fsp3) is 0.535. The zero-order chi connectivity index (χ0) is 42.2. The van der Waals surface area contributed by atoms with Crippen LogP contribution in [-0.4, -0.2) is 145 Å². The summed E-state index contributed by atoms with van der Waals surface area (Å²) in [6.07, 6.45) is 11.1. The molecule has 0 bridgehead atoms. The molecule has 1 aromatic carbocycles. The smallest absolute Gasteiger partial charge is 0.271 e. The van der Waals surface area contributed by atoms with Crippen LogP contribution in [0.25, 0.3) is 0 Å². The SMILES string of the molecule is CN(C=O)CCN(C)C1CCCN(c2cnc(C(N)=O)c(Nc3ccc(C4CCN(CC5CCN(c6ccc(C(=O)NC7CCC(=O)NC7=O)nc6)CC5)CC4)cc3)n2)C1. The van der Waals surface area contributed by atoms with Crippen molar-refractivity contribution in [1.29, 1.82) is 0 Å². The number of amides is 5. The van der Waals surface area contributed by atoms with E-state index in [1.807, 2.05) is 18.2 Å². The molecule has 3 aromatic rings. The summed E-state index contributed by atoms with van der Waals surface area (Å²) in [5.74, 6) is 0.279. The average molecular weight is 823 g/mol. The summed E-state index contributed by atoms with van der Waals surface area (Å²) in [5, 5.41) is 8.26. The van der Waals surface area contributed by atoms with Gasteiger partial charge in [-0.15, -0.1) is 0 Å². The number of likely N-dealkylation sites (N-methyl/N-ethyl adjacent to an activating group) is 2. The number of hydrogen-bond donors (Lipinski definition) is 4. The Balaban J connectivity index is 0.855. The Bertz CT molecular complexity index is 1980. The van der Waals surface area contributed by atoms with Gasteiger partial charge in [-0.2, -0.15) is 0 Å². The van der Waals surface area contributed by atoms with Crippen molar-refractivity contribution in [3.63, 3.8) is 0 Å². The number of rotatable bonds is 15. The first kappa shape index (κ1) is 42.4. The van der Waals surface area contributed by atoms with Crippen molar-refractivity contribution in [2.45, 2.75) is 69.4 Å². The minimum absolute atomic E-state index is 0.102. The summed E-state index contributed by atoms with van der Waals surface area (Å²) < 4.78 is 0. The minimum atomic E-state index is -0.731. The molecular weight excluding hydrogens is 765 g/mol. The van der Waals surface area contributed by atoms with E-state index in [0.717, 1.165) is 109 Å². The minimum Gasteiger partial charge on any atom is -0.370 e. The number of anilines is 4. The molecule has 2 aromatic heterocycles. The van der Waals surface area contributed by atoms with Gasteiger partial charge in [-0.05, 0) is 107 Å². The maximum Gasteiger partial charge on any atom is 0.271 e. The van der Waals surface area contributed by atoms with Crippen LogP contribution >= 0.6 is 0 Å². The summed E-state index contributed by atoms with van der Waals surface area (Å²) in [7, 11) is 3.87. The molecule has 4 aliphatic rings. The second-order valence-corrected chi connectivity index (χ2v) is 16.7. The number of likely N-dealkylation sites (tertiary alicyclic amines) is 1. The van der Waals surface area contributed by atoms with Gasteiger partial charge in [0.05, 0.1) is 18.1 Å². The highest BCUT2D eigenvalue weighted by atomic mass is 16.2. The molecule has 4 aliphatic heterocycles. The molecule has 2 atom stereocenters. The highest BCUT2D eigenvalue weighted by molar-refractivity contribution is 6.03. The molecule has 0 saturated carbocycles. The summed E-state index contributed by atoms with van der Waals surface area (Å²) in [6.45, 7) is 8.13. The third-order valence-electron chi connectivity index (χ3n) is 12.6. The lowest BCUT2D eigenvalue weighted by Crippen LogP contribution is -2.52. The van der Waals surface area contributed by atoms with Crippen LogP contribution < -0.4 is 31.5 Å². The molecule has 0 aliphatic carbocycles. The summed E-state index contributed by atoms with van der Waals surface area (Å²) in [6, 6.07) is 11.6. The monoisotopic (exact) mass is 822 g/mol. The van der Waals surface area contributed by atoms with Crippen LogP contribution in [-0.2, 0) is 14.4 Å². The van der Waals surface area contributed by atoms with Gasteiger partial charge in [0.1, 0.15) is 17.6 Å². The lowest BCUT2D eigenvalue weighted by Gasteiger charge is -2.38. The van der Waals surface area contributed by atoms with Crippen molar-refractivity contribution in [3.05, 3.63) is 65.7 Å². The molecule has 320 valence electrons. The third-order valence-corrected chi connectivity index (χ3v) is 12.6. The average Bonchev–Trinajstić information content (AvgIpc) is 3.27. The number of nitrogens with two attached hydrogens (primary N) is 1. The molecule has 60 heavy (non-hydrogen) atoms. The van der Waals surface area contributed by atoms with Gasteiger partial charge in [-0.3, -0.25) is 34.2 Å². The zero-order valence-corrected chi connectivity index (χ0v) is 34.7.